The average molecular weight is 293 g/mol. The number of methoxy groups -OCH3 is 1. The van der Waals surface area contributed by atoms with Crippen LogP contribution in [-0.4, -0.2) is 18.8 Å². The predicted octanol–water partition coefficient (Wildman–Crippen LogP) is 2.75. The van der Waals surface area contributed by atoms with E-state index in [2.05, 4.69) is 0 Å². The Morgan fingerprint density at radius 2 is 1.90 bits per heavy atom. The van der Waals surface area contributed by atoms with E-state index in [-0.39, 0.29) is 12.3 Å². The second kappa shape index (κ2) is 6.65. The van der Waals surface area contributed by atoms with E-state index in [1.54, 1.807) is 12.1 Å². The molecule has 2 atom stereocenters. The van der Waals surface area contributed by atoms with Crippen molar-refractivity contribution in [2.75, 3.05) is 13.7 Å². The zero-order chi connectivity index (χ0) is 15.4. The molecule has 0 bridgehead atoms. The van der Waals surface area contributed by atoms with E-state index >= 15 is 0 Å². The number of hydrogen-bond donors (Lipinski definition) is 2. The van der Waals surface area contributed by atoms with Crippen molar-refractivity contribution in [2.24, 2.45) is 5.73 Å². The smallest absolute Gasteiger partial charge is 0.165 e. The summed E-state index contributed by atoms with van der Waals surface area (Å²) >= 11 is 0. The van der Waals surface area contributed by atoms with E-state index in [4.69, 9.17) is 10.5 Å². The first-order valence-electron chi connectivity index (χ1n) is 6.54. The van der Waals surface area contributed by atoms with Crippen molar-refractivity contribution in [2.45, 2.75) is 12.0 Å². The quantitative estimate of drug-likeness (QED) is 0.891. The van der Waals surface area contributed by atoms with Gasteiger partial charge in [-0.3, -0.25) is 0 Å². The fourth-order valence-electron chi connectivity index (χ4n) is 2.28. The van der Waals surface area contributed by atoms with Crippen LogP contribution in [0.1, 0.15) is 23.1 Å². The molecule has 0 radical (unpaired) electrons. The number of aliphatic hydroxyl groups excluding tert-OH is 1. The molecular weight excluding hydrogens is 276 g/mol. The molecule has 2 rings (SSSR count). The van der Waals surface area contributed by atoms with Gasteiger partial charge in [0.25, 0.3) is 0 Å². The lowest BCUT2D eigenvalue weighted by molar-refractivity contribution is 0.147. The van der Waals surface area contributed by atoms with Crippen LogP contribution in [0.4, 0.5) is 8.78 Å². The van der Waals surface area contributed by atoms with E-state index in [0.717, 1.165) is 0 Å². The highest BCUT2D eigenvalue weighted by Crippen LogP contribution is 2.32. The third-order valence-electron chi connectivity index (χ3n) is 3.43. The first-order valence-corrected chi connectivity index (χ1v) is 6.54. The van der Waals surface area contributed by atoms with E-state index in [1.807, 2.05) is 0 Å². The minimum absolute atomic E-state index is 0.0431. The molecule has 3 nitrogen and oxygen atoms in total. The maximum absolute atomic E-state index is 13.4. The minimum atomic E-state index is -0.980. The second-order valence-corrected chi connectivity index (χ2v) is 4.74. The lowest BCUT2D eigenvalue weighted by Crippen LogP contribution is -2.20. The third kappa shape index (κ3) is 3.37. The summed E-state index contributed by atoms with van der Waals surface area (Å²) in [6.45, 7) is 0.129. The van der Waals surface area contributed by atoms with E-state index in [1.165, 1.54) is 37.4 Å². The summed E-state index contributed by atoms with van der Waals surface area (Å²) in [5.41, 5.74) is 6.76. The molecule has 2 aromatic rings. The van der Waals surface area contributed by atoms with Gasteiger partial charge in [0, 0.05) is 12.5 Å². The highest BCUT2D eigenvalue weighted by molar-refractivity contribution is 5.34. The molecule has 112 valence electrons. The second-order valence-electron chi connectivity index (χ2n) is 4.74. The first-order chi connectivity index (χ1) is 10.1. The minimum Gasteiger partial charge on any atom is -0.494 e. The molecule has 3 N–H and O–H groups in total. The van der Waals surface area contributed by atoms with Gasteiger partial charge in [-0.25, -0.2) is 8.78 Å². The molecule has 21 heavy (non-hydrogen) atoms. The van der Waals surface area contributed by atoms with Crippen LogP contribution in [0.3, 0.4) is 0 Å². The van der Waals surface area contributed by atoms with Gasteiger partial charge in [-0.2, -0.15) is 0 Å². The van der Waals surface area contributed by atoms with Gasteiger partial charge < -0.3 is 15.6 Å². The molecule has 0 fully saturated rings. The molecule has 0 saturated heterocycles. The van der Waals surface area contributed by atoms with Gasteiger partial charge >= 0.3 is 0 Å². The highest BCUT2D eigenvalue weighted by Gasteiger charge is 2.23. The van der Waals surface area contributed by atoms with Crippen LogP contribution in [0.5, 0.6) is 5.75 Å². The highest BCUT2D eigenvalue weighted by atomic mass is 19.1. The Hall–Kier alpha value is -1.98. The Morgan fingerprint density at radius 1 is 1.14 bits per heavy atom. The largest absolute Gasteiger partial charge is 0.494 e. The normalized spacial score (nSPS) is 13.8. The average Bonchev–Trinajstić information content (AvgIpc) is 2.48. The zero-order valence-electron chi connectivity index (χ0n) is 11.6. The van der Waals surface area contributed by atoms with Crippen molar-refractivity contribution >= 4 is 0 Å². The molecule has 0 amide bonds. The zero-order valence-corrected chi connectivity index (χ0v) is 11.6. The fraction of sp³-hybridized carbons (Fsp3) is 0.250. The number of hydrogen-bond acceptors (Lipinski definition) is 3. The molecule has 0 saturated carbocycles. The fourth-order valence-corrected chi connectivity index (χ4v) is 2.28. The van der Waals surface area contributed by atoms with Gasteiger partial charge in [-0.1, -0.05) is 18.2 Å². The first kappa shape index (κ1) is 15.4. The van der Waals surface area contributed by atoms with Gasteiger partial charge in [0.2, 0.25) is 0 Å². The third-order valence-corrected chi connectivity index (χ3v) is 3.43. The monoisotopic (exact) mass is 293 g/mol. The Balaban J connectivity index is 2.34. The maximum Gasteiger partial charge on any atom is 0.165 e. The molecule has 0 aliphatic heterocycles. The lowest BCUT2D eigenvalue weighted by atomic mass is 9.89. The molecular formula is C16H17F2NO2. The topological polar surface area (TPSA) is 55.5 Å². The van der Waals surface area contributed by atoms with Crippen LogP contribution in [0, 0.1) is 11.6 Å². The van der Waals surface area contributed by atoms with E-state index in [0.29, 0.717) is 11.1 Å². The van der Waals surface area contributed by atoms with Crippen LogP contribution in [0.15, 0.2) is 42.5 Å². The summed E-state index contributed by atoms with van der Waals surface area (Å²) in [4.78, 5) is 0. The molecule has 0 aliphatic carbocycles. The number of halogens is 2. The van der Waals surface area contributed by atoms with E-state index in [9.17, 15) is 13.9 Å². The van der Waals surface area contributed by atoms with Crippen LogP contribution >= 0.6 is 0 Å². The van der Waals surface area contributed by atoms with Crippen molar-refractivity contribution < 1.29 is 18.6 Å². The summed E-state index contributed by atoms with van der Waals surface area (Å²) in [6, 6.07) is 10.0. The van der Waals surface area contributed by atoms with Gasteiger partial charge in [0.05, 0.1) is 13.2 Å². The SMILES string of the molecule is COc1cc(C(O)C(CN)c2cccc(F)c2)ccc1F. The molecule has 0 aliphatic rings. The van der Waals surface area contributed by atoms with Gasteiger partial charge in [0.1, 0.15) is 5.82 Å². The number of benzene rings is 2. The Kier molecular flexibility index (Phi) is 4.88. The number of nitrogens with two attached hydrogens (primary N) is 1. The van der Waals surface area contributed by atoms with Crippen LogP contribution < -0.4 is 10.5 Å². The van der Waals surface area contributed by atoms with Crippen molar-refractivity contribution in [3.63, 3.8) is 0 Å². The molecule has 0 heterocycles. The van der Waals surface area contributed by atoms with Crippen LogP contribution in [0.25, 0.3) is 0 Å². The van der Waals surface area contributed by atoms with Gasteiger partial charge in [-0.15, -0.1) is 0 Å². The Morgan fingerprint density at radius 3 is 2.52 bits per heavy atom. The van der Waals surface area contributed by atoms with Gasteiger partial charge in [0.15, 0.2) is 11.6 Å². The Bertz CT molecular complexity index is 619. The Labute approximate surface area is 122 Å². The molecule has 0 aromatic heterocycles. The van der Waals surface area contributed by atoms with Crippen LogP contribution in [-0.2, 0) is 0 Å². The summed E-state index contributed by atoms with van der Waals surface area (Å²) in [6.07, 6.45) is -0.980. The molecule has 0 spiro atoms. The molecule has 2 aromatic carbocycles. The van der Waals surface area contributed by atoms with Crippen molar-refractivity contribution in [1.82, 2.24) is 0 Å². The number of ether oxygens (including phenoxy) is 1. The maximum atomic E-state index is 13.4. The summed E-state index contributed by atoms with van der Waals surface area (Å²) in [5, 5.41) is 10.5. The summed E-state index contributed by atoms with van der Waals surface area (Å²) in [5.74, 6) is -1.35. The van der Waals surface area contributed by atoms with Crippen LogP contribution in [0.2, 0.25) is 0 Å². The standard InChI is InChI=1S/C16H17F2NO2/c1-21-15-8-11(5-6-14(15)18)16(20)13(9-19)10-3-2-4-12(17)7-10/h2-8,13,16,20H,9,19H2,1H3. The lowest BCUT2D eigenvalue weighted by Gasteiger charge is -2.22. The number of aliphatic hydroxyl groups is 1. The molecule has 5 heteroatoms. The van der Waals surface area contributed by atoms with Crippen molar-refractivity contribution in [1.29, 1.82) is 0 Å². The van der Waals surface area contributed by atoms with Gasteiger partial charge in [-0.05, 0) is 35.4 Å². The van der Waals surface area contributed by atoms with Crippen molar-refractivity contribution in [3.8, 4) is 5.75 Å². The summed E-state index contributed by atoms with van der Waals surface area (Å²) < 4.78 is 31.6. The van der Waals surface area contributed by atoms with E-state index < -0.39 is 23.7 Å². The molecule has 2 unspecified atom stereocenters. The number of rotatable bonds is 5. The summed E-state index contributed by atoms with van der Waals surface area (Å²) in [7, 11) is 1.35. The van der Waals surface area contributed by atoms with Crippen molar-refractivity contribution in [3.05, 3.63) is 65.2 Å². The predicted molar refractivity (Wildman–Crippen MR) is 76.1 cm³/mol.